The summed E-state index contributed by atoms with van der Waals surface area (Å²) in [6, 6.07) is 1.65. The lowest BCUT2D eigenvalue weighted by molar-refractivity contribution is 0.562. The Balaban J connectivity index is 3.09. The van der Waals surface area contributed by atoms with Crippen LogP contribution in [0.25, 0.3) is 0 Å². The van der Waals surface area contributed by atoms with E-state index >= 15 is 0 Å². The molecule has 0 aliphatic carbocycles. The molecule has 0 heterocycles. The average molecular weight is 289 g/mol. The van der Waals surface area contributed by atoms with Gasteiger partial charge in [-0.3, -0.25) is 0 Å². The summed E-state index contributed by atoms with van der Waals surface area (Å²) in [5.41, 5.74) is 0. The molecule has 0 bridgehead atoms. The van der Waals surface area contributed by atoms with E-state index in [2.05, 4.69) is 20.0 Å². The van der Waals surface area contributed by atoms with Crippen LogP contribution >= 0.6 is 0 Å². The van der Waals surface area contributed by atoms with Crippen LogP contribution in [0, 0.1) is 0 Å². The highest BCUT2D eigenvalue weighted by atomic mass is 29.5. The van der Waals surface area contributed by atoms with Gasteiger partial charge in [0, 0.05) is 16.1 Å². The van der Waals surface area contributed by atoms with E-state index in [-0.39, 0.29) is 0 Å². The van der Waals surface area contributed by atoms with Gasteiger partial charge in [0.15, 0.2) is 0 Å². The van der Waals surface area contributed by atoms with Gasteiger partial charge in [0.25, 0.3) is 0 Å². The molecule has 104 valence electrons. The molecule has 0 aliphatic rings. The van der Waals surface area contributed by atoms with Crippen LogP contribution in [0.1, 0.15) is 71.1 Å². The molecule has 0 N–H and O–H groups in total. The number of unbranched alkanes of at least 4 members (excludes halogenated alkanes) is 9. The molecule has 0 aliphatic heterocycles. The maximum absolute atomic E-state index is 2.64. The molecule has 0 aromatic carbocycles. The van der Waals surface area contributed by atoms with Crippen molar-refractivity contribution in [1.82, 2.24) is 0 Å². The van der Waals surface area contributed by atoms with Gasteiger partial charge in [0.05, 0.1) is 0 Å². The molecule has 0 unspecified atom stereocenters. The van der Waals surface area contributed by atoms with Crippen LogP contribution in [0.4, 0.5) is 0 Å². The van der Waals surface area contributed by atoms with Crippen molar-refractivity contribution in [2.24, 2.45) is 0 Å². The Bertz CT molecular complexity index is 158. The van der Waals surface area contributed by atoms with Gasteiger partial charge >= 0.3 is 0 Å². The molecule has 3 heteroatoms. The lowest BCUT2D eigenvalue weighted by Gasteiger charge is -2.19. The van der Waals surface area contributed by atoms with Gasteiger partial charge in [0.2, 0.25) is 0 Å². The van der Waals surface area contributed by atoms with E-state index < -0.39 is 7.59 Å². The Morgan fingerprint density at radius 3 is 1.59 bits per heavy atom. The Kier molecular flexibility index (Phi) is 12.2. The van der Waals surface area contributed by atoms with E-state index in [9.17, 15) is 0 Å². The fraction of sp³-hybridized carbons (Fsp3) is 1.00. The minimum atomic E-state index is -0.567. The van der Waals surface area contributed by atoms with Crippen molar-refractivity contribution in [2.45, 2.75) is 90.3 Å². The summed E-state index contributed by atoms with van der Waals surface area (Å²) in [5.74, 6) is 0. The standard InChI is InChI=1S/C14H36Si3/c1-4-5-6-7-8-9-10-11-12-13-14-17(2,3)16-15/h4-14,16H2,1-3,15H3. The highest BCUT2D eigenvalue weighted by molar-refractivity contribution is 7.39. The summed E-state index contributed by atoms with van der Waals surface area (Å²) in [5, 5.41) is 0. The first-order valence-electron chi connectivity index (χ1n) is 8.12. The Hall–Kier alpha value is 0.651. The Morgan fingerprint density at radius 2 is 1.18 bits per heavy atom. The van der Waals surface area contributed by atoms with Gasteiger partial charge in [-0.25, -0.2) is 0 Å². The molecule has 0 radical (unpaired) electrons. The fourth-order valence-corrected chi connectivity index (χ4v) is 8.82. The molecular weight excluding hydrogens is 252 g/mol. The SMILES string of the molecule is CCCCCCCCCCCC[Si](C)(C)[SiH2][SiH3]. The third kappa shape index (κ3) is 12.9. The van der Waals surface area contributed by atoms with E-state index in [0.717, 1.165) is 0 Å². The Labute approximate surface area is 116 Å². The van der Waals surface area contributed by atoms with Crippen LogP contribution < -0.4 is 0 Å². The summed E-state index contributed by atoms with van der Waals surface area (Å²) in [7, 11) is 1.47. The third-order valence-corrected chi connectivity index (χ3v) is 31.8. The van der Waals surface area contributed by atoms with Gasteiger partial charge in [-0.2, -0.15) is 0 Å². The highest BCUT2D eigenvalue weighted by Gasteiger charge is 2.16. The molecule has 0 aromatic heterocycles. The average Bonchev–Trinajstić information content (AvgIpc) is 2.31. The first-order valence-corrected chi connectivity index (χ1v) is 19.3. The van der Waals surface area contributed by atoms with Crippen molar-refractivity contribution in [3.05, 3.63) is 0 Å². The largest absolute Gasteiger partial charge is 0.0720 e. The zero-order valence-electron chi connectivity index (χ0n) is 13.0. The van der Waals surface area contributed by atoms with Crippen molar-refractivity contribution < 1.29 is 0 Å². The van der Waals surface area contributed by atoms with Crippen LogP contribution in [0.2, 0.25) is 19.1 Å². The number of rotatable bonds is 12. The quantitative estimate of drug-likeness (QED) is 0.380. The summed E-state index contributed by atoms with van der Waals surface area (Å²) >= 11 is 0. The van der Waals surface area contributed by atoms with Gasteiger partial charge in [0.1, 0.15) is 0 Å². The summed E-state index contributed by atoms with van der Waals surface area (Å²) < 4.78 is 0. The van der Waals surface area contributed by atoms with Crippen molar-refractivity contribution in [1.29, 1.82) is 0 Å². The maximum Gasteiger partial charge on any atom is 0.0306 e. The first-order chi connectivity index (χ1) is 8.12. The van der Waals surface area contributed by atoms with E-state index in [1.165, 1.54) is 57.8 Å². The maximum atomic E-state index is 2.64. The normalized spacial score (nSPS) is 12.9. The highest BCUT2D eigenvalue weighted by Crippen LogP contribution is 2.15. The zero-order valence-corrected chi connectivity index (χ0v) is 17.4. The first kappa shape index (κ1) is 17.7. The molecule has 0 rings (SSSR count). The lowest BCUT2D eigenvalue weighted by atomic mass is 10.1. The number of hydrogen-bond donors (Lipinski definition) is 0. The predicted octanol–water partition coefficient (Wildman–Crippen LogP) is 3.56. The van der Waals surface area contributed by atoms with Crippen molar-refractivity contribution in [3.63, 3.8) is 0 Å². The molecule has 0 fully saturated rings. The summed E-state index contributed by atoms with van der Waals surface area (Å²) in [6.07, 6.45) is 14.9. The molecule has 0 saturated heterocycles. The van der Waals surface area contributed by atoms with Gasteiger partial charge in [-0.1, -0.05) is 90.3 Å². The molecule has 0 spiro atoms. The van der Waals surface area contributed by atoms with Crippen LogP contribution in [-0.2, 0) is 0 Å². The molecule has 17 heavy (non-hydrogen) atoms. The van der Waals surface area contributed by atoms with Crippen LogP contribution in [0.5, 0.6) is 0 Å². The van der Waals surface area contributed by atoms with Gasteiger partial charge in [-0.15, -0.1) is 0 Å². The second kappa shape index (κ2) is 11.7. The third-order valence-electron chi connectivity index (χ3n) is 4.16. The van der Waals surface area contributed by atoms with E-state index in [0.29, 0.717) is 8.55 Å². The molecule has 0 nitrogen and oxygen atoms in total. The predicted molar refractivity (Wildman–Crippen MR) is 92.6 cm³/mol. The minimum absolute atomic E-state index is 0.464. The van der Waals surface area contributed by atoms with Crippen molar-refractivity contribution >= 4 is 25.9 Å². The topological polar surface area (TPSA) is 0 Å². The molecule has 0 aromatic rings. The number of hydrogen-bond acceptors (Lipinski definition) is 0. The van der Waals surface area contributed by atoms with Crippen LogP contribution in [0.3, 0.4) is 0 Å². The smallest absolute Gasteiger partial charge is 0.0306 e. The molecule has 0 atom stereocenters. The van der Waals surface area contributed by atoms with Crippen molar-refractivity contribution in [2.75, 3.05) is 0 Å². The molecule has 0 amide bonds. The second-order valence-electron chi connectivity index (χ2n) is 6.45. The van der Waals surface area contributed by atoms with Crippen LogP contribution in [-0.4, -0.2) is 25.9 Å². The fourth-order valence-electron chi connectivity index (χ4n) is 2.27. The second-order valence-corrected chi connectivity index (χ2v) is 26.2. The minimum Gasteiger partial charge on any atom is -0.0720 e. The Morgan fingerprint density at radius 1 is 0.765 bits per heavy atom. The van der Waals surface area contributed by atoms with Gasteiger partial charge < -0.3 is 0 Å². The van der Waals surface area contributed by atoms with E-state index in [1.54, 1.807) is 22.2 Å². The zero-order chi connectivity index (χ0) is 13.0. The summed E-state index contributed by atoms with van der Waals surface area (Å²) in [6.45, 7) is 7.58. The molecule has 0 saturated carbocycles. The van der Waals surface area contributed by atoms with Crippen LogP contribution in [0.15, 0.2) is 0 Å². The van der Waals surface area contributed by atoms with Crippen molar-refractivity contribution in [3.8, 4) is 0 Å². The summed E-state index contributed by atoms with van der Waals surface area (Å²) in [4.78, 5) is 0. The van der Waals surface area contributed by atoms with Gasteiger partial charge in [-0.05, 0) is 9.76 Å². The molecular formula is C14H36Si3. The lowest BCUT2D eigenvalue weighted by Crippen LogP contribution is -2.34. The monoisotopic (exact) mass is 288 g/mol. The van der Waals surface area contributed by atoms with E-state index in [1.807, 2.05) is 0 Å². The van der Waals surface area contributed by atoms with E-state index in [4.69, 9.17) is 0 Å².